The minimum Gasteiger partial charge on any atom is -0.489 e. The van der Waals surface area contributed by atoms with E-state index in [4.69, 9.17) is 17.0 Å². The highest BCUT2D eigenvalue weighted by Crippen LogP contribution is 2.30. The van der Waals surface area contributed by atoms with Crippen LogP contribution in [-0.4, -0.2) is 11.0 Å². The Bertz CT molecular complexity index is 1000. The minimum atomic E-state index is -0.456. The van der Waals surface area contributed by atoms with Crippen LogP contribution in [0.2, 0.25) is 0 Å². The van der Waals surface area contributed by atoms with E-state index in [1.807, 2.05) is 85.8 Å². The highest BCUT2D eigenvalue weighted by Gasteiger charge is 2.37. The lowest BCUT2D eigenvalue weighted by Crippen LogP contribution is -2.30. The van der Waals surface area contributed by atoms with Crippen molar-refractivity contribution in [2.24, 2.45) is 0 Å². The number of benzene rings is 3. The summed E-state index contributed by atoms with van der Waals surface area (Å²) in [5, 5.41) is 3.56. The van der Waals surface area contributed by atoms with E-state index in [0.29, 0.717) is 11.7 Å². The number of nitrogens with zero attached hydrogens (tertiary/aromatic N) is 1. The van der Waals surface area contributed by atoms with Crippen molar-refractivity contribution in [3.8, 4) is 5.75 Å². The van der Waals surface area contributed by atoms with Crippen molar-refractivity contribution in [3.63, 3.8) is 0 Å². The Morgan fingerprint density at radius 1 is 0.964 bits per heavy atom. The molecule has 0 spiro atoms. The summed E-state index contributed by atoms with van der Waals surface area (Å²) >= 11 is 5.43. The van der Waals surface area contributed by atoms with Crippen LogP contribution in [0.15, 0.2) is 78.9 Å². The average Bonchev–Trinajstić information content (AvgIpc) is 3.02. The smallest absolute Gasteiger partial charge is 0.260 e. The van der Waals surface area contributed by atoms with Gasteiger partial charge in [-0.1, -0.05) is 54.6 Å². The standard InChI is InChI=1S/C23H20N2O2S/c1-16-7-5-6-10-20(16)21-22(26)25(23(28)24-21)18-11-13-19(14-12-18)27-15-17-8-3-2-4-9-17/h2-14,21H,15H2,1H3,(H,24,28). The number of aryl methyl sites for hydroxylation is 1. The van der Waals surface area contributed by atoms with Gasteiger partial charge in [-0.05, 0) is 60.1 Å². The zero-order valence-corrected chi connectivity index (χ0v) is 16.3. The third-order valence-corrected chi connectivity index (χ3v) is 5.08. The Kier molecular flexibility index (Phi) is 5.08. The molecule has 3 aromatic carbocycles. The molecule has 1 heterocycles. The molecule has 1 unspecified atom stereocenters. The average molecular weight is 388 g/mol. The molecule has 1 N–H and O–H groups in total. The molecule has 1 aliphatic heterocycles. The maximum atomic E-state index is 13.0. The van der Waals surface area contributed by atoms with E-state index in [2.05, 4.69) is 5.32 Å². The molecule has 1 atom stereocenters. The Balaban J connectivity index is 1.49. The normalized spacial score (nSPS) is 16.2. The zero-order chi connectivity index (χ0) is 19.5. The lowest BCUT2D eigenvalue weighted by Gasteiger charge is -2.16. The fourth-order valence-electron chi connectivity index (χ4n) is 3.28. The summed E-state index contributed by atoms with van der Waals surface area (Å²) in [4.78, 5) is 14.6. The van der Waals surface area contributed by atoms with E-state index in [0.717, 1.165) is 28.1 Å². The van der Waals surface area contributed by atoms with Crippen LogP contribution in [0, 0.1) is 6.92 Å². The van der Waals surface area contributed by atoms with Crippen LogP contribution < -0.4 is 15.0 Å². The van der Waals surface area contributed by atoms with Gasteiger partial charge in [0.25, 0.3) is 5.91 Å². The summed E-state index contributed by atoms with van der Waals surface area (Å²) in [7, 11) is 0. The van der Waals surface area contributed by atoms with Crippen molar-refractivity contribution in [1.29, 1.82) is 0 Å². The molecule has 0 bridgehead atoms. The maximum absolute atomic E-state index is 13.0. The molecular weight excluding hydrogens is 368 g/mol. The van der Waals surface area contributed by atoms with Gasteiger partial charge < -0.3 is 10.1 Å². The van der Waals surface area contributed by atoms with Gasteiger partial charge >= 0.3 is 0 Å². The Morgan fingerprint density at radius 2 is 1.64 bits per heavy atom. The van der Waals surface area contributed by atoms with Crippen molar-refractivity contribution in [1.82, 2.24) is 5.32 Å². The number of carbonyl (C=O) groups excluding carboxylic acids is 1. The van der Waals surface area contributed by atoms with Gasteiger partial charge in [-0.3, -0.25) is 9.69 Å². The fourth-order valence-corrected chi connectivity index (χ4v) is 3.59. The molecule has 3 aromatic rings. The quantitative estimate of drug-likeness (QED) is 0.652. The Labute approximate surface area is 169 Å². The van der Waals surface area contributed by atoms with E-state index < -0.39 is 6.04 Å². The summed E-state index contributed by atoms with van der Waals surface area (Å²) in [6.45, 7) is 2.49. The van der Waals surface area contributed by atoms with Crippen LogP contribution in [0.5, 0.6) is 5.75 Å². The van der Waals surface area contributed by atoms with Gasteiger partial charge in [-0.25, -0.2) is 0 Å². The predicted molar refractivity (Wildman–Crippen MR) is 114 cm³/mol. The van der Waals surface area contributed by atoms with Crippen molar-refractivity contribution < 1.29 is 9.53 Å². The molecule has 140 valence electrons. The minimum absolute atomic E-state index is 0.0720. The van der Waals surface area contributed by atoms with Crippen LogP contribution >= 0.6 is 12.2 Å². The summed E-state index contributed by atoms with van der Waals surface area (Å²) in [6.07, 6.45) is 0. The number of anilines is 1. The summed E-state index contributed by atoms with van der Waals surface area (Å²) in [6, 6.07) is 24.8. The largest absolute Gasteiger partial charge is 0.489 e. The third-order valence-electron chi connectivity index (χ3n) is 4.78. The molecule has 1 fully saturated rings. The van der Waals surface area contributed by atoms with Crippen LogP contribution in [0.4, 0.5) is 5.69 Å². The molecule has 0 aliphatic carbocycles. The molecular formula is C23H20N2O2S. The second-order valence-corrected chi connectivity index (χ2v) is 7.07. The van der Waals surface area contributed by atoms with Crippen LogP contribution in [0.1, 0.15) is 22.7 Å². The van der Waals surface area contributed by atoms with Crippen LogP contribution in [0.3, 0.4) is 0 Å². The summed E-state index contributed by atoms with van der Waals surface area (Å²) < 4.78 is 5.82. The lowest BCUT2D eigenvalue weighted by molar-refractivity contribution is -0.118. The molecule has 1 amide bonds. The van der Waals surface area contributed by atoms with Gasteiger partial charge in [0.15, 0.2) is 5.11 Å². The van der Waals surface area contributed by atoms with E-state index in [-0.39, 0.29) is 5.91 Å². The zero-order valence-electron chi connectivity index (χ0n) is 15.5. The maximum Gasteiger partial charge on any atom is 0.260 e. The molecule has 4 rings (SSSR count). The number of hydrogen-bond donors (Lipinski definition) is 1. The molecule has 0 saturated carbocycles. The van der Waals surface area contributed by atoms with Crippen LogP contribution in [-0.2, 0) is 11.4 Å². The topological polar surface area (TPSA) is 41.6 Å². The van der Waals surface area contributed by atoms with Gasteiger partial charge in [0, 0.05) is 0 Å². The van der Waals surface area contributed by atoms with E-state index in [9.17, 15) is 4.79 Å². The number of amides is 1. The number of ether oxygens (including phenoxy) is 1. The van der Waals surface area contributed by atoms with Crippen molar-refractivity contribution >= 4 is 28.9 Å². The SMILES string of the molecule is Cc1ccccc1C1NC(=S)N(c2ccc(OCc3ccccc3)cc2)C1=O. The molecule has 5 heteroatoms. The van der Waals surface area contributed by atoms with Crippen molar-refractivity contribution in [2.75, 3.05) is 4.90 Å². The third kappa shape index (κ3) is 3.62. The molecule has 4 nitrogen and oxygen atoms in total. The highest BCUT2D eigenvalue weighted by atomic mass is 32.1. The number of nitrogens with one attached hydrogen (secondary N) is 1. The fraction of sp³-hybridized carbons (Fsp3) is 0.130. The number of thiocarbonyl (C=S) groups is 1. The summed E-state index contributed by atoms with van der Waals surface area (Å²) in [5.41, 5.74) is 3.83. The molecule has 0 aromatic heterocycles. The molecule has 28 heavy (non-hydrogen) atoms. The van der Waals surface area contributed by atoms with Gasteiger partial charge in [0.05, 0.1) is 5.69 Å². The number of rotatable bonds is 5. The second-order valence-electron chi connectivity index (χ2n) is 6.68. The first-order valence-corrected chi connectivity index (χ1v) is 9.51. The van der Waals surface area contributed by atoms with E-state index >= 15 is 0 Å². The van der Waals surface area contributed by atoms with Gasteiger partial charge in [0.2, 0.25) is 0 Å². The van der Waals surface area contributed by atoms with Gasteiger partial charge in [-0.15, -0.1) is 0 Å². The van der Waals surface area contributed by atoms with E-state index in [1.54, 1.807) is 4.90 Å². The first-order chi connectivity index (χ1) is 13.6. The predicted octanol–water partition coefficient (Wildman–Crippen LogP) is 4.54. The molecule has 1 aliphatic rings. The van der Waals surface area contributed by atoms with Crippen molar-refractivity contribution in [2.45, 2.75) is 19.6 Å². The van der Waals surface area contributed by atoms with Crippen molar-refractivity contribution in [3.05, 3.63) is 95.6 Å². The monoisotopic (exact) mass is 388 g/mol. The molecule has 0 radical (unpaired) electrons. The first kappa shape index (κ1) is 18.2. The molecule has 1 saturated heterocycles. The highest BCUT2D eigenvalue weighted by molar-refractivity contribution is 7.80. The number of hydrogen-bond acceptors (Lipinski definition) is 3. The summed E-state index contributed by atoms with van der Waals surface area (Å²) in [5.74, 6) is 0.672. The Morgan fingerprint density at radius 3 is 2.36 bits per heavy atom. The van der Waals surface area contributed by atoms with Crippen LogP contribution in [0.25, 0.3) is 0 Å². The second kappa shape index (κ2) is 7.82. The number of carbonyl (C=O) groups is 1. The first-order valence-electron chi connectivity index (χ1n) is 9.10. The van der Waals surface area contributed by atoms with Gasteiger partial charge in [0.1, 0.15) is 18.4 Å². The van der Waals surface area contributed by atoms with Gasteiger partial charge in [-0.2, -0.15) is 0 Å². The lowest BCUT2D eigenvalue weighted by atomic mass is 10.0. The van der Waals surface area contributed by atoms with E-state index in [1.165, 1.54) is 0 Å². The Hall–Kier alpha value is -3.18.